The first kappa shape index (κ1) is 16.5. The Balaban J connectivity index is 1.75. The number of benzene rings is 2. The fraction of sp³-hybridized carbons (Fsp3) is 0.100. The Labute approximate surface area is 164 Å². The molecule has 1 aromatic heterocycles. The monoisotopic (exact) mass is 393 g/mol. The minimum absolute atomic E-state index is 0.0288. The molecule has 2 aliphatic rings. The topological polar surface area (TPSA) is 111 Å². The maximum atomic E-state index is 9.77. The van der Waals surface area contributed by atoms with E-state index in [1.165, 1.54) is 12.1 Å². The minimum atomic E-state index is -0.579. The summed E-state index contributed by atoms with van der Waals surface area (Å²) < 4.78 is 16.4. The highest BCUT2D eigenvalue weighted by atomic mass is 35.5. The second kappa shape index (κ2) is 5.94. The summed E-state index contributed by atoms with van der Waals surface area (Å²) in [6.45, 7) is 0.154. The zero-order valence-corrected chi connectivity index (χ0v) is 15.0. The molecule has 0 saturated heterocycles. The van der Waals surface area contributed by atoms with Gasteiger partial charge in [0.25, 0.3) is 0 Å². The summed E-state index contributed by atoms with van der Waals surface area (Å²) in [5, 5.41) is 20.5. The number of hydrogen-bond acceptors (Lipinski definition) is 7. The van der Waals surface area contributed by atoms with Gasteiger partial charge in [0, 0.05) is 28.6 Å². The quantitative estimate of drug-likeness (QED) is 0.608. The predicted octanol–water partition coefficient (Wildman–Crippen LogP) is 3.54. The van der Waals surface area contributed by atoms with Gasteiger partial charge in [0.05, 0.1) is 11.4 Å². The van der Waals surface area contributed by atoms with Crippen LogP contribution < -0.4 is 19.9 Å². The molecule has 1 unspecified atom stereocenters. The second-order valence-electron chi connectivity index (χ2n) is 6.41. The molecule has 7 nitrogen and oxygen atoms in total. The van der Waals surface area contributed by atoms with Crippen LogP contribution in [0.2, 0.25) is 5.15 Å². The van der Waals surface area contributed by atoms with E-state index in [-0.39, 0.29) is 29.2 Å². The number of hydrogen-bond donors (Lipinski definition) is 2. The first-order valence-corrected chi connectivity index (χ1v) is 8.73. The second-order valence-corrected chi connectivity index (χ2v) is 6.77. The third kappa shape index (κ3) is 2.39. The highest BCUT2D eigenvalue weighted by Crippen LogP contribution is 2.46. The SMILES string of the molecule is N#CC1=C(N)Oc2cc(O)ccc2C1c1cc2cc3c(cc2nc1Cl)OCO3. The molecule has 0 aliphatic carbocycles. The molecular weight excluding hydrogens is 382 g/mol. The number of rotatable bonds is 1. The Bertz CT molecular complexity index is 1230. The number of nitrogens with zero attached hydrogens (tertiary/aromatic N) is 2. The summed E-state index contributed by atoms with van der Waals surface area (Å²) in [5.41, 5.74) is 8.10. The molecule has 28 heavy (non-hydrogen) atoms. The fourth-order valence-electron chi connectivity index (χ4n) is 3.52. The van der Waals surface area contributed by atoms with Gasteiger partial charge in [-0.25, -0.2) is 4.98 Å². The normalized spacial score (nSPS) is 17.2. The number of fused-ring (bicyclic) bond motifs is 3. The van der Waals surface area contributed by atoms with Crippen LogP contribution >= 0.6 is 11.6 Å². The molecule has 0 saturated carbocycles. The Morgan fingerprint density at radius 2 is 1.89 bits per heavy atom. The molecule has 3 N–H and O–H groups in total. The van der Waals surface area contributed by atoms with Crippen LogP contribution in [0.4, 0.5) is 0 Å². The summed E-state index contributed by atoms with van der Waals surface area (Å²) in [6, 6.07) is 12.2. The van der Waals surface area contributed by atoms with Crippen molar-refractivity contribution in [2.75, 3.05) is 6.79 Å². The van der Waals surface area contributed by atoms with Crippen LogP contribution in [0.3, 0.4) is 0 Å². The van der Waals surface area contributed by atoms with Crippen LogP contribution in [0.15, 0.2) is 47.9 Å². The van der Waals surface area contributed by atoms with E-state index in [1.54, 1.807) is 12.1 Å². The van der Waals surface area contributed by atoms with Crippen molar-refractivity contribution in [1.82, 2.24) is 4.98 Å². The summed E-state index contributed by atoms with van der Waals surface area (Å²) in [4.78, 5) is 4.48. The first-order valence-electron chi connectivity index (χ1n) is 8.35. The molecule has 0 fully saturated rings. The average Bonchev–Trinajstić information content (AvgIpc) is 3.11. The van der Waals surface area contributed by atoms with Crippen LogP contribution in [0.25, 0.3) is 10.9 Å². The highest BCUT2D eigenvalue weighted by molar-refractivity contribution is 6.30. The van der Waals surface area contributed by atoms with Gasteiger partial charge in [-0.05, 0) is 18.2 Å². The van der Waals surface area contributed by atoms with Crippen LogP contribution in [0.5, 0.6) is 23.0 Å². The highest BCUT2D eigenvalue weighted by Gasteiger charge is 2.33. The molecule has 0 amide bonds. The number of ether oxygens (including phenoxy) is 3. The van der Waals surface area contributed by atoms with E-state index in [4.69, 9.17) is 31.5 Å². The van der Waals surface area contributed by atoms with Crippen molar-refractivity contribution in [2.45, 2.75) is 5.92 Å². The number of allylic oxidation sites excluding steroid dienone is 1. The number of nitriles is 1. The van der Waals surface area contributed by atoms with Crippen molar-refractivity contribution in [3.8, 4) is 29.1 Å². The van der Waals surface area contributed by atoms with Crippen LogP contribution in [0.1, 0.15) is 17.0 Å². The molecule has 1 atom stereocenters. The van der Waals surface area contributed by atoms with E-state index < -0.39 is 5.92 Å². The zero-order chi connectivity index (χ0) is 19.4. The molecule has 8 heteroatoms. The third-order valence-corrected chi connectivity index (χ3v) is 5.11. The van der Waals surface area contributed by atoms with Crippen molar-refractivity contribution in [2.24, 2.45) is 5.73 Å². The summed E-state index contributed by atoms with van der Waals surface area (Å²) in [5.74, 6) is 1.01. The van der Waals surface area contributed by atoms with Crippen molar-refractivity contribution < 1.29 is 19.3 Å². The molecular formula is C20H12ClN3O4. The van der Waals surface area contributed by atoms with Gasteiger partial charge < -0.3 is 25.1 Å². The van der Waals surface area contributed by atoms with Gasteiger partial charge in [-0.15, -0.1) is 0 Å². The molecule has 0 spiro atoms. The van der Waals surface area contributed by atoms with E-state index in [2.05, 4.69) is 11.1 Å². The van der Waals surface area contributed by atoms with E-state index in [0.29, 0.717) is 33.9 Å². The lowest BCUT2D eigenvalue weighted by Gasteiger charge is -2.27. The lowest BCUT2D eigenvalue weighted by atomic mass is 9.84. The van der Waals surface area contributed by atoms with Gasteiger partial charge >= 0.3 is 0 Å². The van der Waals surface area contributed by atoms with Gasteiger partial charge in [0.2, 0.25) is 12.7 Å². The van der Waals surface area contributed by atoms with E-state index in [1.807, 2.05) is 12.1 Å². The van der Waals surface area contributed by atoms with Gasteiger partial charge in [0.15, 0.2) is 11.5 Å². The Morgan fingerprint density at radius 3 is 2.68 bits per heavy atom. The Hall–Kier alpha value is -3.63. The van der Waals surface area contributed by atoms with Crippen molar-refractivity contribution >= 4 is 22.5 Å². The Kier molecular flexibility index (Phi) is 3.51. The molecule has 138 valence electrons. The molecule has 0 bridgehead atoms. The third-order valence-electron chi connectivity index (χ3n) is 4.80. The molecule has 0 radical (unpaired) electrons. The van der Waals surface area contributed by atoms with E-state index >= 15 is 0 Å². The van der Waals surface area contributed by atoms with Gasteiger partial charge in [-0.2, -0.15) is 5.26 Å². The smallest absolute Gasteiger partial charge is 0.231 e. The lowest BCUT2D eigenvalue weighted by molar-refractivity contribution is 0.174. The first-order chi connectivity index (χ1) is 13.5. The van der Waals surface area contributed by atoms with E-state index in [9.17, 15) is 10.4 Å². The molecule has 2 aromatic carbocycles. The molecule has 2 aliphatic heterocycles. The number of pyridine rings is 1. The maximum Gasteiger partial charge on any atom is 0.231 e. The van der Waals surface area contributed by atoms with Crippen LogP contribution in [-0.4, -0.2) is 16.9 Å². The molecule has 3 aromatic rings. The summed E-state index contributed by atoms with van der Waals surface area (Å²) >= 11 is 6.51. The average molecular weight is 394 g/mol. The van der Waals surface area contributed by atoms with Crippen molar-refractivity contribution in [1.29, 1.82) is 5.26 Å². The number of phenolic OH excluding ortho intramolecular Hbond substituents is 1. The van der Waals surface area contributed by atoms with Crippen molar-refractivity contribution in [3.05, 3.63) is 64.1 Å². The standard InChI is InChI=1S/C20H12ClN3O4/c21-19-12(3-9-4-16-17(27-8-26-16)6-14(9)24-19)18-11-2-1-10(25)5-15(11)28-20(23)13(18)7-22/h1-6,18,25H,8,23H2. The van der Waals surface area contributed by atoms with Gasteiger partial charge in [-0.1, -0.05) is 17.7 Å². The number of nitrogens with two attached hydrogens (primary N) is 1. The lowest BCUT2D eigenvalue weighted by Crippen LogP contribution is -2.21. The van der Waals surface area contributed by atoms with Gasteiger partial charge in [0.1, 0.15) is 28.3 Å². The molecule has 3 heterocycles. The van der Waals surface area contributed by atoms with Crippen LogP contribution in [0, 0.1) is 11.3 Å². The zero-order valence-electron chi connectivity index (χ0n) is 14.3. The Morgan fingerprint density at radius 1 is 1.11 bits per heavy atom. The number of phenols is 1. The molecule has 5 rings (SSSR count). The predicted molar refractivity (Wildman–Crippen MR) is 100 cm³/mol. The van der Waals surface area contributed by atoms with Crippen LogP contribution in [-0.2, 0) is 0 Å². The van der Waals surface area contributed by atoms with Crippen molar-refractivity contribution in [3.63, 3.8) is 0 Å². The number of halogens is 1. The number of aromatic nitrogens is 1. The largest absolute Gasteiger partial charge is 0.508 e. The fourth-order valence-corrected chi connectivity index (χ4v) is 3.78. The maximum absolute atomic E-state index is 9.77. The van der Waals surface area contributed by atoms with Gasteiger partial charge in [-0.3, -0.25) is 0 Å². The van der Waals surface area contributed by atoms with E-state index in [0.717, 1.165) is 5.39 Å². The number of aromatic hydroxyl groups is 1. The summed E-state index contributed by atoms with van der Waals surface area (Å²) in [7, 11) is 0. The summed E-state index contributed by atoms with van der Waals surface area (Å²) in [6.07, 6.45) is 0. The minimum Gasteiger partial charge on any atom is -0.508 e.